The van der Waals surface area contributed by atoms with E-state index >= 15 is 0 Å². The number of amides is 1. The number of rotatable bonds is 5. The van der Waals surface area contributed by atoms with Crippen LogP contribution in [0.25, 0.3) is 0 Å². The second kappa shape index (κ2) is 8.12. The molecule has 0 saturated carbocycles. The summed E-state index contributed by atoms with van der Waals surface area (Å²) >= 11 is 0. The Labute approximate surface area is 149 Å². The average Bonchev–Trinajstić information content (AvgIpc) is 2.69. The summed E-state index contributed by atoms with van der Waals surface area (Å²) in [5.41, 5.74) is 2.93. The number of nitrogens with zero attached hydrogens (tertiary/aromatic N) is 3. The summed E-state index contributed by atoms with van der Waals surface area (Å²) in [5.74, 6) is -0.0494. The van der Waals surface area contributed by atoms with Crippen molar-refractivity contribution in [3.05, 3.63) is 59.9 Å². The fourth-order valence-corrected chi connectivity index (χ4v) is 3.16. The summed E-state index contributed by atoms with van der Waals surface area (Å²) in [6.07, 6.45) is 3.48. The topological polar surface area (TPSA) is 48.5 Å². The van der Waals surface area contributed by atoms with Crippen molar-refractivity contribution in [1.82, 2.24) is 15.2 Å². The quantitative estimate of drug-likeness (QED) is 0.911. The highest BCUT2D eigenvalue weighted by Crippen LogP contribution is 2.18. The number of nitrogens with one attached hydrogen (secondary N) is 1. The third-order valence-corrected chi connectivity index (χ3v) is 4.87. The first-order valence-electron chi connectivity index (χ1n) is 8.95. The van der Waals surface area contributed by atoms with Crippen LogP contribution in [0.2, 0.25) is 0 Å². The summed E-state index contributed by atoms with van der Waals surface area (Å²) < 4.78 is 0. The first kappa shape index (κ1) is 17.4. The lowest BCUT2D eigenvalue weighted by molar-refractivity contribution is 0.0940. The summed E-state index contributed by atoms with van der Waals surface area (Å²) in [4.78, 5) is 21.3. The fraction of sp³-hybridized carbons (Fsp3) is 0.400. The largest absolute Gasteiger partial charge is 0.369 e. The van der Waals surface area contributed by atoms with Crippen molar-refractivity contribution >= 4 is 11.6 Å². The van der Waals surface area contributed by atoms with Crippen LogP contribution in [0, 0.1) is 0 Å². The molecule has 0 spiro atoms. The molecule has 1 saturated heterocycles. The lowest BCUT2D eigenvalue weighted by atomic mass is 10.1. The van der Waals surface area contributed by atoms with Gasteiger partial charge >= 0.3 is 0 Å². The number of piperazine rings is 1. The van der Waals surface area contributed by atoms with E-state index < -0.39 is 0 Å². The fourth-order valence-electron chi connectivity index (χ4n) is 3.16. The van der Waals surface area contributed by atoms with Crippen LogP contribution >= 0.6 is 0 Å². The van der Waals surface area contributed by atoms with Crippen LogP contribution < -0.4 is 10.2 Å². The van der Waals surface area contributed by atoms with Gasteiger partial charge in [0.25, 0.3) is 5.91 Å². The van der Waals surface area contributed by atoms with E-state index in [-0.39, 0.29) is 11.9 Å². The summed E-state index contributed by atoms with van der Waals surface area (Å²) in [5, 5.41) is 3.04. The molecule has 1 unspecified atom stereocenters. The third-order valence-electron chi connectivity index (χ3n) is 4.87. The van der Waals surface area contributed by atoms with Crippen molar-refractivity contribution < 1.29 is 4.79 Å². The van der Waals surface area contributed by atoms with Crippen LogP contribution in [0.5, 0.6) is 0 Å². The Kier molecular flexibility index (Phi) is 5.66. The van der Waals surface area contributed by atoms with Gasteiger partial charge in [-0.05, 0) is 55.4 Å². The molecule has 3 rings (SSSR count). The monoisotopic (exact) mass is 338 g/mol. The molecule has 1 fully saturated rings. The lowest BCUT2D eigenvalue weighted by Gasteiger charge is -2.35. The van der Waals surface area contributed by atoms with Crippen molar-refractivity contribution in [3.8, 4) is 0 Å². The first-order valence-corrected chi connectivity index (χ1v) is 8.95. The molecule has 0 aliphatic carbocycles. The van der Waals surface area contributed by atoms with E-state index in [1.165, 1.54) is 5.69 Å². The van der Waals surface area contributed by atoms with E-state index in [9.17, 15) is 4.79 Å². The first-order chi connectivity index (χ1) is 12.2. The van der Waals surface area contributed by atoms with Gasteiger partial charge in [0.15, 0.2) is 0 Å². The molecule has 5 heteroatoms. The number of hydrogen-bond acceptors (Lipinski definition) is 4. The van der Waals surface area contributed by atoms with Gasteiger partial charge in [-0.15, -0.1) is 0 Å². The minimum atomic E-state index is -0.0494. The van der Waals surface area contributed by atoms with E-state index in [2.05, 4.69) is 27.0 Å². The van der Waals surface area contributed by atoms with Crippen LogP contribution in [-0.2, 0) is 0 Å². The van der Waals surface area contributed by atoms with Gasteiger partial charge in [-0.3, -0.25) is 9.78 Å². The molecule has 1 aromatic heterocycles. The number of likely N-dealkylation sites (N-methyl/N-ethyl adjacent to an activating group) is 1. The van der Waals surface area contributed by atoms with E-state index in [4.69, 9.17) is 0 Å². The summed E-state index contributed by atoms with van der Waals surface area (Å²) in [7, 11) is 0. The molecule has 1 amide bonds. The van der Waals surface area contributed by atoms with Crippen molar-refractivity contribution in [2.75, 3.05) is 37.6 Å². The van der Waals surface area contributed by atoms with Gasteiger partial charge in [0.05, 0.1) is 6.04 Å². The molecule has 1 aliphatic rings. The Bertz CT molecular complexity index is 679. The number of anilines is 1. The molecule has 1 aromatic carbocycles. The van der Waals surface area contributed by atoms with Crippen LogP contribution in [0.3, 0.4) is 0 Å². The van der Waals surface area contributed by atoms with Crippen molar-refractivity contribution in [2.24, 2.45) is 0 Å². The van der Waals surface area contributed by atoms with Gasteiger partial charge in [-0.25, -0.2) is 0 Å². The summed E-state index contributed by atoms with van der Waals surface area (Å²) in [6, 6.07) is 11.7. The zero-order chi connectivity index (χ0) is 17.6. The molecular formula is C20H26N4O. The number of carbonyl (C=O) groups excluding carboxylic acids is 1. The number of hydrogen-bond donors (Lipinski definition) is 1. The highest BCUT2D eigenvalue weighted by Gasteiger charge is 2.16. The second-order valence-electron chi connectivity index (χ2n) is 6.44. The molecule has 5 nitrogen and oxygen atoms in total. The lowest BCUT2D eigenvalue weighted by Crippen LogP contribution is -2.46. The van der Waals surface area contributed by atoms with Gasteiger partial charge in [-0.1, -0.05) is 6.92 Å². The van der Waals surface area contributed by atoms with Crippen LogP contribution in [0.15, 0.2) is 48.8 Å². The molecule has 25 heavy (non-hydrogen) atoms. The zero-order valence-electron chi connectivity index (χ0n) is 15.0. The van der Waals surface area contributed by atoms with E-state index in [0.29, 0.717) is 5.56 Å². The van der Waals surface area contributed by atoms with Gasteiger partial charge < -0.3 is 15.1 Å². The molecule has 132 valence electrons. The Balaban J connectivity index is 1.59. The van der Waals surface area contributed by atoms with Crippen LogP contribution in [0.1, 0.15) is 35.8 Å². The van der Waals surface area contributed by atoms with E-state index in [1.807, 2.05) is 43.3 Å². The van der Waals surface area contributed by atoms with Crippen LogP contribution in [0.4, 0.5) is 5.69 Å². The maximum absolute atomic E-state index is 12.5. The minimum absolute atomic E-state index is 0.0442. The standard InChI is InChI=1S/C20H26N4O/c1-3-23-12-14-24(15-13-23)19-6-4-18(5-7-19)20(25)22-16(2)17-8-10-21-11-9-17/h4-11,16H,3,12-15H2,1-2H3,(H,22,25). The molecule has 2 heterocycles. The Hall–Kier alpha value is -2.40. The third kappa shape index (κ3) is 4.37. The zero-order valence-corrected chi connectivity index (χ0v) is 15.0. The number of pyridine rings is 1. The smallest absolute Gasteiger partial charge is 0.251 e. The minimum Gasteiger partial charge on any atom is -0.369 e. The number of benzene rings is 1. The van der Waals surface area contributed by atoms with E-state index in [1.54, 1.807) is 12.4 Å². The number of carbonyl (C=O) groups is 1. The Morgan fingerprint density at radius 2 is 1.72 bits per heavy atom. The van der Waals surface area contributed by atoms with Gasteiger partial charge in [0, 0.05) is 49.8 Å². The summed E-state index contributed by atoms with van der Waals surface area (Å²) in [6.45, 7) is 9.58. The Morgan fingerprint density at radius 3 is 2.32 bits per heavy atom. The van der Waals surface area contributed by atoms with E-state index in [0.717, 1.165) is 38.3 Å². The maximum atomic E-state index is 12.5. The normalized spacial score (nSPS) is 16.5. The number of aromatic nitrogens is 1. The van der Waals surface area contributed by atoms with Gasteiger partial charge in [-0.2, -0.15) is 0 Å². The predicted octanol–water partition coefficient (Wildman–Crippen LogP) is 2.71. The molecule has 2 aromatic rings. The van der Waals surface area contributed by atoms with Crippen molar-refractivity contribution in [1.29, 1.82) is 0 Å². The Morgan fingerprint density at radius 1 is 1.08 bits per heavy atom. The van der Waals surface area contributed by atoms with Crippen molar-refractivity contribution in [3.63, 3.8) is 0 Å². The molecule has 0 bridgehead atoms. The predicted molar refractivity (Wildman–Crippen MR) is 101 cm³/mol. The molecule has 1 aliphatic heterocycles. The highest BCUT2D eigenvalue weighted by molar-refractivity contribution is 5.94. The molecule has 0 radical (unpaired) electrons. The van der Waals surface area contributed by atoms with Gasteiger partial charge in [0.2, 0.25) is 0 Å². The average molecular weight is 338 g/mol. The molecule has 1 atom stereocenters. The van der Waals surface area contributed by atoms with Gasteiger partial charge in [0.1, 0.15) is 0 Å². The maximum Gasteiger partial charge on any atom is 0.251 e. The van der Waals surface area contributed by atoms with Crippen LogP contribution in [-0.4, -0.2) is 48.5 Å². The molecular weight excluding hydrogens is 312 g/mol. The second-order valence-corrected chi connectivity index (χ2v) is 6.44. The highest BCUT2D eigenvalue weighted by atomic mass is 16.1. The molecule has 1 N–H and O–H groups in total. The van der Waals surface area contributed by atoms with Crippen molar-refractivity contribution in [2.45, 2.75) is 19.9 Å². The SMILES string of the molecule is CCN1CCN(c2ccc(C(=O)NC(C)c3ccncc3)cc2)CC1.